The number of anilines is 1. The number of methoxy groups -OCH3 is 1. The number of rotatable bonds is 5. The van der Waals surface area contributed by atoms with Crippen molar-refractivity contribution in [2.75, 3.05) is 38.2 Å². The second-order valence-electron chi connectivity index (χ2n) is 6.37. The lowest BCUT2D eigenvalue weighted by Crippen LogP contribution is -2.50. The minimum absolute atomic E-state index is 0.000686. The molecule has 2 aromatic heterocycles. The van der Waals surface area contributed by atoms with Crippen LogP contribution in [0.2, 0.25) is 0 Å². The molecule has 2 aromatic rings. The number of hydrogen-bond donors (Lipinski definition) is 0. The highest BCUT2D eigenvalue weighted by Crippen LogP contribution is 2.19. The summed E-state index contributed by atoms with van der Waals surface area (Å²) in [5.74, 6) is 1.61. The maximum absolute atomic E-state index is 12.9. The molecule has 1 amide bonds. The first-order valence-electron chi connectivity index (χ1n) is 8.65. The summed E-state index contributed by atoms with van der Waals surface area (Å²) >= 11 is 0. The van der Waals surface area contributed by atoms with Gasteiger partial charge in [-0.2, -0.15) is 5.10 Å². The van der Waals surface area contributed by atoms with Gasteiger partial charge < -0.3 is 14.5 Å². The molecule has 1 aliphatic rings. The van der Waals surface area contributed by atoms with E-state index in [1.54, 1.807) is 18.0 Å². The van der Waals surface area contributed by atoms with E-state index in [0.29, 0.717) is 31.9 Å². The molecule has 1 saturated heterocycles. The van der Waals surface area contributed by atoms with Gasteiger partial charge in [0.2, 0.25) is 5.91 Å². The average Bonchev–Trinajstić information content (AvgIpc) is 2.96. The summed E-state index contributed by atoms with van der Waals surface area (Å²) < 4.78 is 19.8. The monoisotopic (exact) mass is 361 g/mol. The fourth-order valence-corrected chi connectivity index (χ4v) is 3.09. The topological polar surface area (TPSA) is 63.5 Å². The largest absolute Gasteiger partial charge is 0.497 e. The fourth-order valence-electron chi connectivity index (χ4n) is 3.09. The normalized spacial score (nSPS) is 14.6. The van der Waals surface area contributed by atoms with E-state index >= 15 is 0 Å². The Hall–Kier alpha value is -2.64. The van der Waals surface area contributed by atoms with E-state index in [4.69, 9.17) is 4.74 Å². The SMILES string of the molecule is COc1ccnc(N2CCN(C(=O)Cn3nc(CF)c(C)c3C)CC2)c1. The first-order valence-corrected chi connectivity index (χ1v) is 8.65. The van der Waals surface area contributed by atoms with Crippen LogP contribution in [0.5, 0.6) is 5.75 Å². The van der Waals surface area contributed by atoms with E-state index in [1.165, 1.54) is 0 Å². The van der Waals surface area contributed by atoms with Gasteiger partial charge in [0.1, 0.15) is 24.8 Å². The number of alkyl halides is 1. The Morgan fingerprint density at radius 1 is 1.27 bits per heavy atom. The lowest BCUT2D eigenvalue weighted by molar-refractivity contribution is -0.132. The second kappa shape index (κ2) is 7.72. The van der Waals surface area contributed by atoms with Crippen molar-refractivity contribution in [3.05, 3.63) is 35.3 Å². The van der Waals surface area contributed by atoms with Gasteiger partial charge in [0.05, 0.1) is 12.8 Å². The number of carbonyl (C=O) groups excluding carboxylic acids is 1. The minimum Gasteiger partial charge on any atom is -0.497 e. The van der Waals surface area contributed by atoms with E-state index in [9.17, 15) is 9.18 Å². The van der Waals surface area contributed by atoms with Crippen LogP contribution < -0.4 is 9.64 Å². The molecule has 8 heteroatoms. The Morgan fingerprint density at radius 3 is 2.62 bits per heavy atom. The average molecular weight is 361 g/mol. The van der Waals surface area contributed by atoms with Gasteiger partial charge in [0, 0.05) is 44.1 Å². The van der Waals surface area contributed by atoms with Crippen molar-refractivity contribution >= 4 is 11.7 Å². The van der Waals surface area contributed by atoms with Crippen molar-refractivity contribution in [1.82, 2.24) is 19.7 Å². The zero-order chi connectivity index (χ0) is 18.7. The Morgan fingerprint density at radius 2 is 2.00 bits per heavy atom. The van der Waals surface area contributed by atoms with Crippen molar-refractivity contribution in [1.29, 1.82) is 0 Å². The van der Waals surface area contributed by atoms with Crippen LogP contribution in [0.3, 0.4) is 0 Å². The van der Waals surface area contributed by atoms with Gasteiger partial charge in [-0.1, -0.05) is 0 Å². The molecule has 0 spiro atoms. The molecule has 1 fully saturated rings. The van der Waals surface area contributed by atoms with Gasteiger partial charge in [0.25, 0.3) is 0 Å². The van der Waals surface area contributed by atoms with E-state index in [0.717, 1.165) is 22.8 Å². The lowest BCUT2D eigenvalue weighted by atomic mass is 10.2. The Kier molecular flexibility index (Phi) is 5.39. The lowest BCUT2D eigenvalue weighted by Gasteiger charge is -2.35. The summed E-state index contributed by atoms with van der Waals surface area (Å²) in [7, 11) is 1.63. The molecule has 1 aliphatic heterocycles. The first-order chi connectivity index (χ1) is 12.5. The second-order valence-corrected chi connectivity index (χ2v) is 6.37. The van der Waals surface area contributed by atoms with Crippen molar-refractivity contribution in [2.24, 2.45) is 0 Å². The molecule has 0 radical (unpaired) electrons. The molecular formula is C18H24FN5O2. The quantitative estimate of drug-likeness (QED) is 0.811. The van der Waals surface area contributed by atoms with Crippen molar-refractivity contribution in [3.63, 3.8) is 0 Å². The summed E-state index contributed by atoms with van der Waals surface area (Å²) in [6, 6.07) is 3.70. The first kappa shape index (κ1) is 18.2. The van der Waals surface area contributed by atoms with E-state index in [-0.39, 0.29) is 12.5 Å². The van der Waals surface area contributed by atoms with Crippen LogP contribution in [0.25, 0.3) is 0 Å². The van der Waals surface area contributed by atoms with Crippen LogP contribution in [0.1, 0.15) is 17.0 Å². The highest BCUT2D eigenvalue weighted by Gasteiger charge is 2.23. The molecule has 0 N–H and O–H groups in total. The van der Waals surface area contributed by atoms with Gasteiger partial charge in [0.15, 0.2) is 0 Å². The van der Waals surface area contributed by atoms with Crippen LogP contribution in [0, 0.1) is 13.8 Å². The predicted octanol–water partition coefficient (Wildman–Crippen LogP) is 1.72. The van der Waals surface area contributed by atoms with Gasteiger partial charge in [-0.15, -0.1) is 0 Å². The number of ether oxygens (including phenoxy) is 1. The van der Waals surface area contributed by atoms with Crippen LogP contribution >= 0.6 is 0 Å². The molecule has 0 unspecified atom stereocenters. The van der Waals surface area contributed by atoms with Gasteiger partial charge >= 0.3 is 0 Å². The minimum atomic E-state index is -0.611. The molecule has 7 nitrogen and oxygen atoms in total. The Bertz CT molecular complexity index is 784. The van der Waals surface area contributed by atoms with Crippen LogP contribution in [-0.2, 0) is 18.0 Å². The summed E-state index contributed by atoms with van der Waals surface area (Å²) in [6.45, 7) is 5.88. The van der Waals surface area contributed by atoms with Crippen LogP contribution in [0.4, 0.5) is 10.2 Å². The third-order valence-electron chi connectivity index (χ3n) is 4.92. The molecule has 140 valence electrons. The van der Waals surface area contributed by atoms with E-state index in [2.05, 4.69) is 15.0 Å². The zero-order valence-electron chi connectivity index (χ0n) is 15.4. The maximum Gasteiger partial charge on any atom is 0.244 e. The van der Waals surface area contributed by atoms with E-state index < -0.39 is 6.67 Å². The van der Waals surface area contributed by atoms with Crippen LogP contribution in [-0.4, -0.2) is 58.9 Å². The Balaban J connectivity index is 1.60. The summed E-state index contributed by atoms with van der Waals surface area (Å²) in [5, 5.41) is 4.20. The highest BCUT2D eigenvalue weighted by atomic mass is 19.1. The molecule has 0 aliphatic carbocycles. The van der Waals surface area contributed by atoms with Crippen molar-refractivity contribution in [3.8, 4) is 5.75 Å². The number of nitrogens with zero attached hydrogens (tertiary/aromatic N) is 5. The van der Waals surface area contributed by atoms with Gasteiger partial charge in [-0.3, -0.25) is 9.48 Å². The molecule has 26 heavy (non-hydrogen) atoms. The summed E-state index contributed by atoms with van der Waals surface area (Å²) in [6.07, 6.45) is 1.72. The van der Waals surface area contributed by atoms with Gasteiger partial charge in [-0.05, 0) is 25.5 Å². The number of aromatic nitrogens is 3. The third-order valence-corrected chi connectivity index (χ3v) is 4.92. The highest BCUT2D eigenvalue weighted by molar-refractivity contribution is 5.76. The summed E-state index contributed by atoms with van der Waals surface area (Å²) in [4.78, 5) is 20.9. The maximum atomic E-state index is 12.9. The number of carbonyl (C=O) groups is 1. The standard InChI is InChI=1S/C18H24FN5O2/c1-13-14(2)24(21-16(13)11-19)12-18(25)23-8-6-22(7-9-23)17-10-15(26-3)4-5-20-17/h4-5,10H,6-9,11-12H2,1-3H3. The van der Waals surface area contributed by atoms with Gasteiger partial charge in [-0.25, -0.2) is 9.37 Å². The van der Waals surface area contributed by atoms with Crippen molar-refractivity contribution in [2.45, 2.75) is 27.1 Å². The van der Waals surface area contributed by atoms with E-state index in [1.807, 2.05) is 30.9 Å². The number of hydrogen-bond acceptors (Lipinski definition) is 5. The summed E-state index contributed by atoms with van der Waals surface area (Å²) in [5.41, 5.74) is 2.06. The number of halogens is 1. The molecule has 3 rings (SSSR count). The molecule has 0 saturated carbocycles. The predicted molar refractivity (Wildman–Crippen MR) is 96.1 cm³/mol. The van der Waals surface area contributed by atoms with Crippen LogP contribution in [0.15, 0.2) is 18.3 Å². The molecule has 3 heterocycles. The van der Waals surface area contributed by atoms with Crippen molar-refractivity contribution < 1.29 is 13.9 Å². The zero-order valence-corrected chi connectivity index (χ0v) is 15.4. The Labute approximate surface area is 152 Å². The third kappa shape index (κ3) is 3.63. The molecule has 0 atom stereocenters. The fraction of sp³-hybridized carbons (Fsp3) is 0.500. The smallest absolute Gasteiger partial charge is 0.244 e. The molecule has 0 aromatic carbocycles. The number of piperazine rings is 1. The molecule has 0 bridgehead atoms. The molecular weight excluding hydrogens is 337 g/mol. The number of amides is 1. The number of pyridine rings is 1.